The van der Waals surface area contributed by atoms with Gasteiger partial charge in [0, 0.05) is 6.54 Å². The first-order valence-electron chi connectivity index (χ1n) is 8.27. The largest absolute Gasteiger partial charge is 0.394 e. The van der Waals surface area contributed by atoms with Gasteiger partial charge in [0.05, 0.1) is 18.8 Å². The van der Waals surface area contributed by atoms with Crippen molar-refractivity contribution in [2.45, 2.75) is 19.0 Å². The number of nitrogens with one attached hydrogen (secondary N) is 1. The summed E-state index contributed by atoms with van der Waals surface area (Å²) in [6.45, 7) is 2.22. The Morgan fingerprint density at radius 3 is 2.21 bits per heavy atom. The van der Waals surface area contributed by atoms with E-state index in [0.29, 0.717) is 6.54 Å². The fourth-order valence-electron chi connectivity index (χ4n) is 3.46. The lowest BCUT2D eigenvalue weighted by Crippen LogP contribution is -2.48. The number of benzene rings is 3. The third-order valence-corrected chi connectivity index (χ3v) is 4.96. The van der Waals surface area contributed by atoms with E-state index in [1.165, 1.54) is 33.0 Å². The predicted octanol–water partition coefficient (Wildman–Crippen LogP) is 3.32. The van der Waals surface area contributed by atoms with Crippen molar-refractivity contribution >= 4 is 10.8 Å². The Kier molecular flexibility index (Phi) is 3.65. The average Bonchev–Trinajstić information content (AvgIpc) is 2.96. The summed E-state index contributed by atoms with van der Waals surface area (Å²) in [5.74, 6) is 0. The Morgan fingerprint density at radius 1 is 0.833 bits per heavy atom. The lowest BCUT2D eigenvalue weighted by Gasteiger charge is -2.26. The second-order valence-electron chi connectivity index (χ2n) is 6.82. The minimum absolute atomic E-state index is 0.100. The lowest BCUT2D eigenvalue weighted by atomic mass is 9.99. The highest BCUT2D eigenvalue weighted by Gasteiger charge is 2.23. The molecule has 1 aliphatic rings. The zero-order valence-electron chi connectivity index (χ0n) is 13.7. The fourth-order valence-corrected chi connectivity index (χ4v) is 3.46. The van der Waals surface area contributed by atoms with Crippen LogP contribution in [0, 0.1) is 0 Å². The van der Waals surface area contributed by atoms with Gasteiger partial charge in [-0.25, -0.2) is 0 Å². The molecule has 3 aromatic carbocycles. The van der Waals surface area contributed by atoms with Gasteiger partial charge in [-0.2, -0.15) is 0 Å². The third-order valence-electron chi connectivity index (χ3n) is 4.96. The maximum Gasteiger partial charge on any atom is 0.0633 e. The molecule has 0 heterocycles. The quantitative estimate of drug-likeness (QED) is 0.529. The van der Waals surface area contributed by atoms with Crippen LogP contribution in [0.3, 0.4) is 0 Å². The minimum atomic E-state index is -0.672. The Hall–Kier alpha value is -2.20. The molecule has 0 radical (unpaired) electrons. The number of hydrogen-bond acceptors (Lipinski definition) is 3. The van der Waals surface area contributed by atoms with Gasteiger partial charge >= 0.3 is 0 Å². The molecule has 0 saturated heterocycles. The Bertz CT molecular complexity index is 913. The summed E-state index contributed by atoms with van der Waals surface area (Å²) in [5.41, 5.74) is 5.61. The van der Waals surface area contributed by atoms with Gasteiger partial charge in [0.25, 0.3) is 0 Å². The van der Waals surface area contributed by atoms with Crippen LogP contribution in [-0.2, 0) is 6.54 Å². The van der Waals surface area contributed by atoms with Crippen molar-refractivity contribution < 1.29 is 10.2 Å². The summed E-state index contributed by atoms with van der Waals surface area (Å²) in [6.07, 6.45) is 0. The molecule has 0 spiro atoms. The number of hydrogen-bond donors (Lipinski definition) is 3. The molecule has 1 aliphatic carbocycles. The molecule has 4 rings (SSSR count). The van der Waals surface area contributed by atoms with Gasteiger partial charge in [0.1, 0.15) is 0 Å². The molecule has 0 fully saturated rings. The zero-order chi connectivity index (χ0) is 16.7. The van der Waals surface area contributed by atoms with Crippen LogP contribution in [0.15, 0.2) is 54.6 Å². The summed E-state index contributed by atoms with van der Waals surface area (Å²) < 4.78 is 0. The van der Waals surface area contributed by atoms with Crippen LogP contribution in [0.4, 0.5) is 0 Å². The average molecular weight is 319 g/mol. The van der Waals surface area contributed by atoms with Crippen LogP contribution in [0.2, 0.25) is 0 Å². The van der Waals surface area contributed by atoms with E-state index in [4.69, 9.17) is 0 Å². The molecule has 24 heavy (non-hydrogen) atoms. The molecule has 3 nitrogen and oxygen atoms in total. The topological polar surface area (TPSA) is 52.5 Å². The summed E-state index contributed by atoms with van der Waals surface area (Å²) in [4.78, 5) is 0. The normalized spacial score (nSPS) is 12.6. The van der Waals surface area contributed by atoms with E-state index in [0.717, 1.165) is 5.56 Å². The second-order valence-corrected chi connectivity index (χ2v) is 6.82. The standard InChI is InChI=1S/C21H21NO2/c1-21(12-23,13-24)22-11-14-9-15-5-4-8-18-16-6-2-3-7-17(16)19(10-14)20(15)18/h2-10,22-24H,11-13H2,1H3. The highest BCUT2D eigenvalue weighted by molar-refractivity contribution is 6.15. The van der Waals surface area contributed by atoms with Gasteiger partial charge in [-0.05, 0) is 57.6 Å². The predicted molar refractivity (Wildman–Crippen MR) is 97.8 cm³/mol. The summed E-state index contributed by atoms with van der Waals surface area (Å²) >= 11 is 0. The molecule has 0 amide bonds. The van der Waals surface area contributed by atoms with Crippen LogP contribution in [0.1, 0.15) is 12.5 Å². The molecule has 0 unspecified atom stereocenters. The first-order chi connectivity index (χ1) is 11.6. The minimum Gasteiger partial charge on any atom is -0.394 e. The molecule has 0 aromatic heterocycles. The van der Waals surface area contributed by atoms with Gasteiger partial charge in [-0.1, -0.05) is 42.5 Å². The SMILES string of the molecule is CC(CO)(CO)NCc1cc2c3c(cccc3c1)-c1ccccc1-2. The molecule has 3 heteroatoms. The van der Waals surface area contributed by atoms with Crippen LogP contribution < -0.4 is 5.32 Å². The first-order valence-corrected chi connectivity index (χ1v) is 8.27. The van der Waals surface area contributed by atoms with E-state index in [9.17, 15) is 10.2 Å². The first kappa shape index (κ1) is 15.3. The van der Waals surface area contributed by atoms with Crippen molar-refractivity contribution in [1.82, 2.24) is 5.32 Å². The molecule has 0 aliphatic heterocycles. The van der Waals surface area contributed by atoms with Gasteiger partial charge < -0.3 is 15.5 Å². The Labute approximate surface area is 141 Å². The molecule has 0 bridgehead atoms. The summed E-state index contributed by atoms with van der Waals surface area (Å²) in [7, 11) is 0. The van der Waals surface area contributed by atoms with Gasteiger partial charge in [0.15, 0.2) is 0 Å². The third kappa shape index (κ3) is 2.33. The second kappa shape index (κ2) is 5.71. The molecule has 122 valence electrons. The Morgan fingerprint density at radius 2 is 1.50 bits per heavy atom. The van der Waals surface area contributed by atoms with Crippen molar-refractivity contribution in [3.05, 3.63) is 60.2 Å². The van der Waals surface area contributed by atoms with Crippen LogP contribution >= 0.6 is 0 Å². The monoisotopic (exact) mass is 319 g/mol. The number of fused-ring (bicyclic) bond motifs is 3. The summed E-state index contributed by atoms with van der Waals surface area (Å²) in [6, 6.07) is 19.4. The Balaban J connectivity index is 1.79. The highest BCUT2D eigenvalue weighted by Crippen LogP contribution is 2.47. The van der Waals surface area contributed by atoms with Crippen LogP contribution in [0.25, 0.3) is 33.0 Å². The molecule has 0 atom stereocenters. The number of rotatable bonds is 5. The molecule has 0 saturated carbocycles. The van der Waals surface area contributed by atoms with E-state index in [2.05, 4.69) is 59.9 Å². The molecule has 3 N–H and O–H groups in total. The number of aliphatic hydroxyl groups excluding tert-OH is 2. The van der Waals surface area contributed by atoms with Crippen LogP contribution in [-0.4, -0.2) is 29.0 Å². The van der Waals surface area contributed by atoms with Gasteiger partial charge in [0.2, 0.25) is 0 Å². The highest BCUT2D eigenvalue weighted by atomic mass is 16.3. The maximum absolute atomic E-state index is 9.45. The van der Waals surface area contributed by atoms with Crippen molar-refractivity contribution in [2.75, 3.05) is 13.2 Å². The van der Waals surface area contributed by atoms with Crippen molar-refractivity contribution in [2.24, 2.45) is 0 Å². The van der Waals surface area contributed by atoms with E-state index in [1.54, 1.807) is 0 Å². The summed E-state index contributed by atoms with van der Waals surface area (Å²) in [5, 5.41) is 24.7. The van der Waals surface area contributed by atoms with E-state index in [1.807, 2.05) is 6.92 Å². The van der Waals surface area contributed by atoms with Gasteiger partial charge in [-0.3, -0.25) is 0 Å². The number of aliphatic hydroxyl groups is 2. The van der Waals surface area contributed by atoms with E-state index >= 15 is 0 Å². The molecular weight excluding hydrogens is 298 g/mol. The maximum atomic E-state index is 9.45. The zero-order valence-corrected chi connectivity index (χ0v) is 13.7. The van der Waals surface area contributed by atoms with Crippen molar-refractivity contribution in [3.63, 3.8) is 0 Å². The smallest absolute Gasteiger partial charge is 0.0633 e. The molecule has 3 aromatic rings. The van der Waals surface area contributed by atoms with Crippen molar-refractivity contribution in [3.8, 4) is 22.3 Å². The van der Waals surface area contributed by atoms with Gasteiger partial charge in [-0.15, -0.1) is 0 Å². The fraction of sp³-hybridized carbons (Fsp3) is 0.238. The lowest BCUT2D eigenvalue weighted by molar-refractivity contribution is 0.103. The van der Waals surface area contributed by atoms with Crippen molar-refractivity contribution in [1.29, 1.82) is 0 Å². The van der Waals surface area contributed by atoms with E-state index < -0.39 is 5.54 Å². The van der Waals surface area contributed by atoms with Crippen LogP contribution in [0.5, 0.6) is 0 Å². The van der Waals surface area contributed by atoms with E-state index in [-0.39, 0.29) is 13.2 Å². The molecular formula is C21H21NO2.